The summed E-state index contributed by atoms with van der Waals surface area (Å²) in [5, 5.41) is 0. The van der Waals surface area contributed by atoms with Crippen LogP contribution < -0.4 is 0 Å². The van der Waals surface area contributed by atoms with Crippen LogP contribution in [0.1, 0.15) is 4.88 Å². The zero-order valence-electron chi connectivity index (χ0n) is 11.6. The van der Waals surface area contributed by atoms with Crippen LogP contribution in [0.2, 0.25) is 4.34 Å². The van der Waals surface area contributed by atoms with Gasteiger partial charge in [-0.2, -0.15) is 0 Å². The molecular weight excluding hydrogens is 296 g/mol. The van der Waals surface area contributed by atoms with Gasteiger partial charge in [0.25, 0.3) is 0 Å². The molecule has 0 N–H and O–H groups in total. The van der Waals surface area contributed by atoms with Crippen LogP contribution in [-0.2, 0) is 16.0 Å². The van der Waals surface area contributed by atoms with Crippen molar-refractivity contribution in [3.05, 3.63) is 21.3 Å². The Hall–Kier alpha value is -0.170. The highest BCUT2D eigenvalue weighted by Crippen LogP contribution is 2.23. The number of rotatable bonds is 4. The Labute approximate surface area is 129 Å². The molecule has 0 radical (unpaired) electrons. The SMILES string of the molecule is Clc1ccc(CN2CCN(C[C@@H]3COCCO3)CC2)s1. The predicted octanol–water partition coefficient (Wildman–Crippen LogP) is 1.93. The van der Waals surface area contributed by atoms with Gasteiger partial charge in [0.05, 0.1) is 30.3 Å². The second-order valence-electron chi connectivity index (χ2n) is 5.35. The van der Waals surface area contributed by atoms with Crippen LogP contribution in [0.3, 0.4) is 0 Å². The van der Waals surface area contributed by atoms with Gasteiger partial charge in [-0.3, -0.25) is 9.80 Å². The minimum Gasteiger partial charge on any atom is -0.376 e. The lowest BCUT2D eigenvalue weighted by Crippen LogP contribution is -2.49. The molecule has 0 spiro atoms. The van der Waals surface area contributed by atoms with Crippen LogP contribution in [0.25, 0.3) is 0 Å². The predicted molar refractivity (Wildman–Crippen MR) is 81.6 cm³/mol. The van der Waals surface area contributed by atoms with E-state index in [1.807, 2.05) is 6.07 Å². The maximum Gasteiger partial charge on any atom is 0.0936 e. The summed E-state index contributed by atoms with van der Waals surface area (Å²) in [6, 6.07) is 4.12. The fourth-order valence-corrected chi connectivity index (χ4v) is 3.85. The smallest absolute Gasteiger partial charge is 0.0936 e. The molecule has 0 saturated carbocycles. The Morgan fingerprint density at radius 2 is 1.95 bits per heavy atom. The quantitative estimate of drug-likeness (QED) is 0.847. The van der Waals surface area contributed by atoms with E-state index in [-0.39, 0.29) is 6.10 Å². The first-order chi connectivity index (χ1) is 9.79. The zero-order chi connectivity index (χ0) is 13.8. The number of hydrogen-bond donors (Lipinski definition) is 0. The summed E-state index contributed by atoms with van der Waals surface area (Å²) in [6.45, 7) is 8.70. The van der Waals surface area contributed by atoms with E-state index in [9.17, 15) is 0 Å². The molecule has 2 saturated heterocycles. The third-order valence-corrected chi connectivity index (χ3v) is 5.04. The van der Waals surface area contributed by atoms with E-state index in [0.29, 0.717) is 0 Å². The first-order valence-corrected chi connectivity index (χ1v) is 8.37. The summed E-state index contributed by atoms with van der Waals surface area (Å²) < 4.78 is 12.0. The van der Waals surface area contributed by atoms with E-state index < -0.39 is 0 Å². The highest BCUT2D eigenvalue weighted by atomic mass is 35.5. The van der Waals surface area contributed by atoms with Crippen LogP contribution in [0.5, 0.6) is 0 Å². The molecule has 20 heavy (non-hydrogen) atoms. The van der Waals surface area contributed by atoms with E-state index in [1.165, 1.54) is 4.88 Å². The van der Waals surface area contributed by atoms with Crippen LogP contribution in [0, 0.1) is 0 Å². The molecule has 112 valence electrons. The number of halogens is 1. The van der Waals surface area contributed by atoms with E-state index in [0.717, 1.165) is 63.4 Å². The zero-order valence-corrected chi connectivity index (χ0v) is 13.2. The third-order valence-electron chi connectivity index (χ3n) is 3.82. The summed E-state index contributed by atoms with van der Waals surface area (Å²) in [5.41, 5.74) is 0. The first-order valence-electron chi connectivity index (χ1n) is 7.18. The van der Waals surface area contributed by atoms with Crippen LogP contribution in [0.15, 0.2) is 12.1 Å². The van der Waals surface area contributed by atoms with Gasteiger partial charge >= 0.3 is 0 Å². The third kappa shape index (κ3) is 4.16. The van der Waals surface area contributed by atoms with Gasteiger partial charge in [-0.05, 0) is 12.1 Å². The van der Waals surface area contributed by atoms with Crippen molar-refractivity contribution in [3.63, 3.8) is 0 Å². The molecule has 0 aromatic carbocycles. The number of nitrogens with zero attached hydrogens (tertiary/aromatic N) is 2. The Kier molecular flexibility index (Phi) is 5.31. The average Bonchev–Trinajstić information content (AvgIpc) is 2.88. The van der Waals surface area contributed by atoms with Crippen molar-refractivity contribution in [2.75, 3.05) is 52.5 Å². The fraction of sp³-hybridized carbons (Fsp3) is 0.714. The van der Waals surface area contributed by atoms with Gasteiger partial charge in [0, 0.05) is 44.1 Å². The number of ether oxygens (including phenoxy) is 2. The van der Waals surface area contributed by atoms with Gasteiger partial charge < -0.3 is 9.47 Å². The Bertz CT molecular complexity index is 415. The van der Waals surface area contributed by atoms with Crippen molar-refractivity contribution < 1.29 is 9.47 Å². The molecule has 3 rings (SSSR count). The van der Waals surface area contributed by atoms with Gasteiger partial charge in [0.1, 0.15) is 0 Å². The molecule has 0 amide bonds. The van der Waals surface area contributed by atoms with Crippen molar-refractivity contribution >= 4 is 22.9 Å². The molecule has 2 aliphatic rings. The standard InChI is InChI=1S/C14H21ClN2O2S/c15-14-2-1-13(20-14)10-17-5-3-16(4-6-17)9-12-11-18-7-8-19-12/h1-2,12H,3-11H2/t12-/m1/s1. The van der Waals surface area contributed by atoms with Crippen molar-refractivity contribution in [2.24, 2.45) is 0 Å². The van der Waals surface area contributed by atoms with E-state index in [4.69, 9.17) is 21.1 Å². The minimum absolute atomic E-state index is 0.256. The highest BCUT2D eigenvalue weighted by Gasteiger charge is 2.22. The van der Waals surface area contributed by atoms with E-state index in [1.54, 1.807) is 11.3 Å². The summed E-state index contributed by atoms with van der Waals surface area (Å²) in [7, 11) is 0. The molecule has 0 bridgehead atoms. The normalized spacial score (nSPS) is 25.9. The van der Waals surface area contributed by atoms with Gasteiger partial charge in [-0.15, -0.1) is 11.3 Å². The lowest BCUT2D eigenvalue weighted by molar-refractivity contribution is -0.1000. The van der Waals surface area contributed by atoms with Crippen molar-refractivity contribution in [1.82, 2.24) is 9.80 Å². The number of piperazine rings is 1. The number of thiophene rings is 1. The summed E-state index contributed by atoms with van der Waals surface area (Å²) >= 11 is 7.66. The minimum atomic E-state index is 0.256. The van der Waals surface area contributed by atoms with Crippen LogP contribution in [-0.4, -0.2) is 68.4 Å². The molecular formula is C14H21ClN2O2S. The Morgan fingerprint density at radius 1 is 1.15 bits per heavy atom. The molecule has 3 heterocycles. The maximum absolute atomic E-state index is 5.98. The molecule has 0 aliphatic carbocycles. The monoisotopic (exact) mass is 316 g/mol. The molecule has 6 heteroatoms. The van der Waals surface area contributed by atoms with E-state index in [2.05, 4.69) is 15.9 Å². The fourth-order valence-electron chi connectivity index (χ4n) is 2.72. The Balaban J connectivity index is 1.40. The van der Waals surface area contributed by atoms with Gasteiger partial charge in [-0.1, -0.05) is 11.6 Å². The molecule has 1 aromatic rings. The van der Waals surface area contributed by atoms with Gasteiger partial charge in [0.2, 0.25) is 0 Å². The topological polar surface area (TPSA) is 24.9 Å². The lowest BCUT2D eigenvalue weighted by Gasteiger charge is -2.36. The number of hydrogen-bond acceptors (Lipinski definition) is 5. The van der Waals surface area contributed by atoms with Gasteiger partial charge in [0.15, 0.2) is 0 Å². The first kappa shape index (κ1) is 14.8. The molecule has 0 unspecified atom stereocenters. The van der Waals surface area contributed by atoms with Crippen molar-refractivity contribution in [3.8, 4) is 0 Å². The molecule has 2 fully saturated rings. The summed E-state index contributed by atoms with van der Waals surface area (Å²) in [4.78, 5) is 6.33. The lowest BCUT2D eigenvalue weighted by atomic mass is 10.2. The Morgan fingerprint density at radius 3 is 2.60 bits per heavy atom. The summed E-state index contributed by atoms with van der Waals surface area (Å²) in [5.74, 6) is 0. The highest BCUT2D eigenvalue weighted by molar-refractivity contribution is 7.16. The molecule has 1 aromatic heterocycles. The summed E-state index contributed by atoms with van der Waals surface area (Å²) in [6.07, 6.45) is 0.256. The molecule has 1 atom stereocenters. The van der Waals surface area contributed by atoms with Crippen molar-refractivity contribution in [1.29, 1.82) is 0 Å². The van der Waals surface area contributed by atoms with Gasteiger partial charge in [-0.25, -0.2) is 0 Å². The van der Waals surface area contributed by atoms with Crippen LogP contribution in [0.4, 0.5) is 0 Å². The second-order valence-corrected chi connectivity index (χ2v) is 7.15. The maximum atomic E-state index is 5.98. The average molecular weight is 317 g/mol. The molecule has 2 aliphatic heterocycles. The largest absolute Gasteiger partial charge is 0.376 e. The second kappa shape index (κ2) is 7.20. The van der Waals surface area contributed by atoms with Crippen molar-refractivity contribution in [2.45, 2.75) is 12.6 Å². The van der Waals surface area contributed by atoms with Crippen LogP contribution >= 0.6 is 22.9 Å². The molecule has 4 nitrogen and oxygen atoms in total. The van der Waals surface area contributed by atoms with E-state index >= 15 is 0 Å².